The Morgan fingerprint density at radius 3 is 2.59 bits per heavy atom. The molecule has 1 aliphatic rings. The summed E-state index contributed by atoms with van der Waals surface area (Å²) in [5.74, 6) is 0. The number of ether oxygens (including phenoxy) is 1. The minimum Gasteiger partial charge on any atom is -0.444 e. The number of aromatic nitrogens is 3. The van der Waals surface area contributed by atoms with Crippen molar-refractivity contribution >= 4 is 28.5 Å². The van der Waals surface area contributed by atoms with E-state index in [-0.39, 0.29) is 12.1 Å². The van der Waals surface area contributed by atoms with Gasteiger partial charge in [0.15, 0.2) is 0 Å². The molecular formula is C24H30N6O2. The predicted octanol–water partition coefficient (Wildman–Crippen LogP) is 4.13. The Balaban J connectivity index is 1.36. The fraction of sp³-hybridized carbons (Fsp3) is 0.417. The standard InChI is InChI=1S/C24H30N6O2/c1-24(2,3)32-23(31)29-18-7-12-30(13-8-18)22-6-9-25-16-21(22)28-15-17-4-5-19-20(14-17)27-11-10-26-19/h4-6,9-11,14,16,18,28H,7-8,12-13,15H2,1-3H3,(H,29,31). The molecule has 1 aromatic carbocycles. The number of benzene rings is 1. The van der Waals surface area contributed by atoms with Gasteiger partial charge in [0.2, 0.25) is 0 Å². The van der Waals surface area contributed by atoms with Crippen LogP contribution >= 0.6 is 0 Å². The second kappa shape index (κ2) is 9.38. The van der Waals surface area contributed by atoms with Gasteiger partial charge in [-0.1, -0.05) is 6.07 Å². The summed E-state index contributed by atoms with van der Waals surface area (Å²) < 4.78 is 5.38. The topological polar surface area (TPSA) is 92.3 Å². The zero-order valence-corrected chi connectivity index (χ0v) is 18.8. The van der Waals surface area contributed by atoms with Crippen LogP contribution in [0.3, 0.4) is 0 Å². The molecule has 8 nitrogen and oxygen atoms in total. The molecule has 0 unspecified atom stereocenters. The zero-order chi connectivity index (χ0) is 22.6. The molecule has 168 valence electrons. The Bertz CT molecular complexity index is 1070. The third kappa shape index (κ3) is 5.63. The van der Waals surface area contributed by atoms with Crippen molar-refractivity contribution in [2.75, 3.05) is 23.3 Å². The molecule has 1 amide bonds. The van der Waals surface area contributed by atoms with E-state index < -0.39 is 5.60 Å². The summed E-state index contributed by atoms with van der Waals surface area (Å²) >= 11 is 0. The van der Waals surface area contributed by atoms with E-state index >= 15 is 0 Å². The molecule has 0 bridgehead atoms. The molecule has 1 saturated heterocycles. The molecule has 1 aliphatic heterocycles. The molecule has 32 heavy (non-hydrogen) atoms. The quantitative estimate of drug-likeness (QED) is 0.624. The Morgan fingerprint density at radius 1 is 1.09 bits per heavy atom. The maximum atomic E-state index is 12.1. The highest BCUT2D eigenvalue weighted by atomic mass is 16.6. The number of carbonyl (C=O) groups excluding carboxylic acids is 1. The summed E-state index contributed by atoms with van der Waals surface area (Å²) in [7, 11) is 0. The van der Waals surface area contributed by atoms with Crippen LogP contribution in [0.1, 0.15) is 39.2 Å². The van der Waals surface area contributed by atoms with Crippen molar-refractivity contribution in [3.8, 4) is 0 Å². The van der Waals surface area contributed by atoms with Crippen LogP contribution in [-0.4, -0.2) is 45.8 Å². The van der Waals surface area contributed by atoms with Crippen molar-refractivity contribution in [1.29, 1.82) is 0 Å². The van der Waals surface area contributed by atoms with Gasteiger partial charge in [0.1, 0.15) is 5.60 Å². The van der Waals surface area contributed by atoms with E-state index in [2.05, 4.69) is 42.6 Å². The van der Waals surface area contributed by atoms with Crippen molar-refractivity contribution in [2.45, 2.75) is 51.8 Å². The summed E-state index contributed by atoms with van der Waals surface area (Å²) in [6, 6.07) is 8.27. The molecule has 0 saturated carbocycles. The van der Waals surface area contributed by atoms with E-state index in [1.54, 1.807) is 12.4 Å². The van der Waals surface area contributed by atoms with Crippen molar-refractivity contribution in [3.63, 3.8) is 0 Å². The Kier molecular flexibility index (Phi) is 6.39. The number of nitrogens with one attached hydrogen (secondary N) is 2. The first-order chi connectivity index (χ1) is 15.4. The molecule has 8 heteroatoms. The predicted molar refractivity (Wildman–Crippen MR) is 126 cm³/mol. The van der Waals surface area contributed by atoms with Crippen LogP contribution in [0.15, 0.2) is 49.1 Å². The molecule has 3 heterocycles. The average Bonchev–Trinajstić information content (AvgIpc) is 2.77. The van der Waals surface area contributed by atoms with Crippen LogP contribution in [0, 0.1) is 0 Å². The maximum absolute atomic E-state index is 12.1. The molecule has 2 N–H and O–H groups in total. The SMILES string of the molecule is CC(C)(C)OC(=O)NC1CCN(c2ccncc2NCc2ccc3nccnc3c2)CC1. The van der Waals surface area contributed by atoms with E-state index in [1.807, 2.05) is 45.3 Å². The number of hydrogen-bond donors (Lipinski definition) is 2. The monoisotopic (exact) mass is 434 g/mol. The van der Waals surface area contributed by atoms with Gasteiger partial charge in [0.05, 0.1) is 28.6 Å². The van der Waals surface area contributed by atoms with Gasteiger partial charge in [0, 0.05) is 44.3 Å². The molecule has 4 rings (SSSR count). The molecule has 0 spiro atoms. The Hall–Kier alpha value is -3.42. The smallest absolute Gasteiger partial charge is 0.407 e. The van der Waals surface area contributed by atoms with E-state index in [1.165, 1.54) is 0 Å². The molecule has 2 aromatic heterocycles. The number of nitrogens with zero attached hydrogens (tertiary/aromatic N) is 4. The third-order valence-corrected chi connectivity index (χ3v) is 5.37. The Labute approximate surface area is 188 Å². The van der Waals surface area contributed by atoms with Crippen LogP contribution < -0.4 is 15.5 Å². The van der Waals surface area contributed by atoms with Crippen molar-refractivity contribution in [2.24, 2.45) is 0 Å². The lowest BCUT2D eigenvalue weighted by Crippen LogP contribution is -2.46. The maximum Gasteiger partial charge on any atom is 0.407 e. The summed E-state index contributed by atoms with van der Waals surface area (Å²) in [6.45, 7) is 7.99. The largest absolute Gasteiger partial charge is 0.444 e. The minimum absolute atomic E-state index is 0.123. The highest BCUT2D eigenvalue weighted by Crippen LogP contribution is 2.28. The summed E-state index contributed by atoms with van der Waals surface area (Å²) in [5, 5.41) is 6.52. The fourth-order valence-electron chi connectivity index (χ4n) is 3.85. The number of carbonyl (C=O) groups is 1. The van der Waals surface area contributed by atoms with Crippen molar-refractivity contribution < 1.29 is 9.53 Å². The second-order valence-electron chi connectivity index (χ2n) is 9.03. The van der Waals surface area contributed by atoms with Crippen molar-refractivity contribution in [1.82, 2.24) is 20.3 Å². The average molecular weight is 435 g/mol. The zero-order valence-electron chi connectivity index (χ0n) is 18.8. The minimum atomic E-state index is -0.486. The normalized spacial score (nSPS) is 14.9. The number of amides is 1. The van der Waals surface area contributed by atoms with Crippen LogP contribution in [0.25, 0.3) is 11.0 Å². The number of fused-ring (bicyclic) bond motifs is 1. The van der Waals surface area contributed by atoms with Gasteiger partial charge >= 0.3 is 6.09 Å². The van der Waals surface area contributed by atoms with Gasteiger partial charge in [0.25, 0.3) is 0 Å². The number of rotatable bonds is 5. The highest BCUT2D eigenvalue weighted by molar-refractivity contribution is 5.75. The third-order valence-electron chi connectivity index (χ3n) is 5.37. The van der Waals surface area contributed by atoms with Gasteiger partial charge in [-0.05, 0) is 57.4 Å². The van der Waals surface area contributed by atoms with E-state index in [0.717, 1.165) is 53.9 Å². The number of anilines is 2. The summed E-state index contributed by atoms with van der Waals surface area (Å²) in [4.78, 5) is 27.4. The molecule has 0 atom stereocenters. The van der Waals surface area contributed by atoms with Gasteiger partial charge < -0.3 is 20.3 Å². The number of pyridine rings is 1. The van der Waals surface area contributed by atoms with Gasteiger partial charge in [-0.3, -0.25) is 15.0 Å². The Morgan fingerprint density at radius 2 is 1.84 bits per heavy atom. The highest BCUT2D eigenvalue weighted by Gasteiger charge is 2.24. The molecule has 3 aromatic rings. The number of alkyl carbamates (subject to hydrolysis) is 1. The van der Waals surface area contributed by atoms with Gasteiger partial charge in [-0.2, -0.15) is 0 Å². The van der Waals surface area contributed by atoms with E-state index in [9.17, 15) is 4.79 Å². The number of piperidine rings is 1. The van der Waals surface area contributed by atoms with Crippen LogP contribution in [0.5, 0.6) is 0 Å². The molecule has 0 radical (unpaired) electrons. The van der Waals surface area contributed by atoms with Crippen LogP contribution in [-0.2, 0) is 11.3 Å². The number of hydrogen-bond acceptors (Lipinski definition) is 7. The van der Waals surface area contributed by atoms with Crippen molar-refractivity contribution in [3.05, 3.63) is 54.6 Å². The lowest BCUT2D eigenvalue weighted by atomic mass is 10.0. The molecule has 0 aliphatic carbocycles. The second-order valence-corrected chi connectivity index (χ2v) is 9.03. The van der Waals surface area contributed by atoms with E-state index in [0.29, 0.717) is 6.54 Å². The van der Waals surface area contributed by atoms with E-state index in [4.69, 9.17) is 4.74 Å². The first kappa shape index (κ1) is 21.8. The summed E-state index contributed by atoms with van der Waals surface area (Å²) in [6.07, 6.45) is 8.48. The summed E-state index contributed by atoms with van der Waals surface area (Å²) in [5.41, 5.74) is 4.54. The molecule has 1 fully saturated rings. The lowest BCUT2D eigenvalue weighted by Gasteiger charge is -2.35. The molecular weight excluding hydrogens is 404 g/mol. The first-order valence-electron chi connectivity index (χ1n) is 11.0. The first-order valence-corrected chi connectivity index (χ1v) is 11.0. The van der Waals surface area contributed by atoms with Gasteiger partial charge in [-0.15, -0.1) is 0 Å². The lowest BCUT2D eigenvalue weighted by molar-refractivity contribution is 0.0497. The fourth-order valence-corrected chi connectivity index (χ4v) is 3.85. The van der Waals surface area contributed by atoms with Crippen LogP contribution in [0.4, 0.5) is 16.2 Å². The van der Waals surface area contributed by atoms with Gasteiger partial charge in [-0.25, -0.2) is 4.79 Å². The van der Waals surface area contributed by atoms with Crippen LogP contribution in [0.2, 0.25) is 0 Å².